The van der Waals surface area contributed by atoms with Gasteiger partial charge in [-0.05, 0) is 42.2 Å². The molecule has 0 fully saturated rings. The summed E-state index contributed by atoms with van der Waals surface area (Å²) < 4.78 is 5.68. The topological polar surface area (TPSA) is 21.3 Å². The first-order valence-corrected chi connectivity index (χ1v) is 6.38. The van der Waals surface area contributed by atoms with Crippen LogP contribution in [0.3, 0.4) is 0 Å². The standard InChI is InChI=1S/C15H21NO/c1-12(2)11-17-15-5-3-13(4-6-15)14-7-9-16-10-8-14/h3-7,12,16H,8-11H2,1-2H3. The zero-order valence-electron chi connectivity index (χ0n) is 10.7. The van der Waals surface area contributed by atoms with E-state index >= 15 is 0 Å². The van der Waals surface area contributed by atoms with Crippen LogP contribution in [-0.4, -0.2) is 19.7 Å². The second-order valence-corrected chi connectivity index (χ2v) is 4.91. The van der Waals surface area contributed by atoms with Crippen LogP contribution in [0.2, 0.25) is 0 Å². The number of ether oxygens (including phenoxy) is 1. The maximum atomic E-state index is 5.68. The van der Waals surface area contributed by atoms with E-state index in [1.165, 1.54) is 11.1 Å². The van der Waals surface area contributed by atoms with Gasteiger partial charge in [0.1, 0.15) is 5.75 Å². The molecule has 92 valence electrons. The molecule has 2 rings (SSSR count). The molecule has 0 aromatic heterocycles. The molecule has 1 aliphatic heterocycles. The number of hydrogen-bond acceptors (Lipinski definition) is 2. The van der Waals surface area contributed by atoms with E-state index < -0.39 is 0 Å². The van der Waals surface area contributed by atoms with Gasteiger partial charge in [-0.25, -0.2) is 0 Å². The molecule has 17 heavy (non-hydrogen) atoms. The van der Waals surface area contributed by atoms with Crippen molar-refractivity contribution >= 4 is 5.57 Å². The largest absolute Gasteiger partial charge is 0.493 e. The van der Waals surface area contributed by atoms with Gasteiger partial charge in [0.15, 0.2) is 0 Å². The maximum Gasteiger partial charge on any atom is 0.119 e. The van der Waals surface area contributed by atoms with Gasteiger partial charge < -0.3 is 10.1 Å². The molecule has 0 atom stereocenters. The summed E-state index contributed by atoms with van der Waals surface area (Å²) in [6.07, 6.45) is 3.39. The molecule has 0 radical (unpaired) electrons. The second kappa shape index (κ2) is 5.87. The molecule has 1 aromatic carbocycles. The summed E-state index contributed by atoms with van der Waals surface area (Å²) in [5.74, 6) is 1.54. The summed E-state index contributed by atoms with van der Waals surface area (Å²) in [5.41, 5.74) is 2.77. The van der Waals surface area contributed by atoms with Gasteiger partial charge in [0.25, 0.3) is 0 Å². The molecule has 0 spiro atoms. The quantitative estimate of drug-likeness (QED) is 0.859. The molecule has 1 N–H and O–H groups in total. The van der Waals surface area contributed by atoms with Crippen molar-refractivity contribution in [3.05, 3.63) is 35.9 Å². The molecule has 0 saturated heterocycles. The molecule has 1 heterocycles. The lowest BCUT2D eigenvalue weighted by Gasteiger charge is -2.15. The van der Waals surface area contributed by atoms with E-state index in [2.05, 4.69) is 49.5 Å². The number of benzene rings is 1. The molecule has 2 nitrogen and oxygen atoms in total. The van der Waals surface area contributed by atoms with E-state index in [4.69, 9.17) is 4.74 Å². The number of rotatable bonds is 4. The number of nitrogens with one attached hydrogen (secondary N) is 1. The minimum absolute atomic E-state index is 0.571. The summed E-state index contributed by atoms with van der Waals surface area (Å²) in [6.45, 7) is 7.17. The van der Waals surface area contributed by atoms with Crippen LogP contribution in [0.1, 0.15) is 25.8 Å². The van der Waals surface area contributed by atoms with E-state index in [9.17, 15) is 0 Å². The van der Waals surface area contributed by atoms with Gasteiger partial charge in [0.05, 0.1) is 6.61 Å². The van der Waals surface area contributed by atoms with Gasteiger partial charge in [-0.3, -0.25) is 0 Å². The van der Waals surface area contributed by atoms with Crippen LogP contribution in [0, 0.1) is 5.92 Å². The van der Waals surface area contributed by atoms with Gasteiger partial charge in [-0.2, -0.15) is 0 Å². The van der Waals surface area contributed by atoms with Crippen LogP contribution < -0.4 is 10.1 Å². The lowest BCUT2D eigenvalue weighted by Crippen LogP contribution is -2.19. The first-order chi connectivity index (χ1) is 8.25. The summed E-state index contributed by atoms with van der Waals surface area (Å²) in [7, 11) is 0. The zero-order chi connectivity index (χ0) is 12.1. The monoisotopic (exact) mass is 231 g/mol. The Bertz CT molecular complexity index is 378. The third-order valence-electron chi connectivity index (χ3n) is 2.87. The van der Waals surface area contributed by atoms with E-state index in [1.54, 1.807) is 0 Å². The zero-order valence-corrected chi connectivity index (χ0v) is 10.7. The van der Waals surface area contributed by atoms with E-state index in [0.29, 0.717) is 5.92 Å². The number of hydrogen-bond donors (Lipinski definition) is 1. The Balaban J connectivity index is 1.99. The van der Waals surface area contributed by atoms with Crippen LogP contribution >= 0.6 is 0 Å². The highest BCUT2D eigenvalue weighted by Crippen LogP contribution is 2.22. The van der Waals surface area contributed by atoms with Gasteiger partial charge >= 0.3 is 0 Å². The average molecular weight is 231 g/mol. The van der Waals surface area contributed by atoms with Crippen LogP contribution in [0.25, 0.3) is 5.57 Å². The van der Waals surface area contributed by atoms with Crippen molar-refractivity contribution in [3.63, 3.8) is 0 Å². The summed E-state index contributed by atoms with van der Waals surface area (Å²) in [4.78, 5) is 0. The molecular formula is C15H21NO. The Morgan fingerprint density at radius 1 is 1.24 bits per heavy atom. The fourth-order valence-electron chi connectivity index (χ4n) is 1.91. The minimum Gasteiger partial charge on any atom is -0.493 e. The Morgan fingerprint density at radius 3 is 2.59 bits per heavy atom. The van der Waals surface area contributed by atoms with Crippen LogP contribution in [-0.2, 0) is 0 Å². The van der Waals surface area contributed by atoms with E-state index in [-0.39, 0.29) is 0 Å². The Hall–Kier alpha value is -1.28. The highest BCUT2D eigenvalue weighted by Gasteiger charge is 2.05. The van der Waals surface area contributed by atoms with Gasteiger partial charge in [0.2, 0.25) is 0 Å². The maximum absolute atomic E-state index is 5.68. The Kier molecular flexibility index (Phi) is 4.21. The van der Waals surface area contributed by atoms with Crippen molar-refractivity contribution in [2.24, 2.45) is 5.92 Å². The summed E-state index contributed by atoms with van der Waals surface area (Å²) in [6, 6.07) is 8.46. The van der Waals surface area contributed by atoms with Crippen LogP contribution in [0.4, 0.5) is 0 Å². The molecule has 1 aromatic rings. The lowest BCUT2D eigenvalue weighted by atomic mass is 10.0. The van der Waals surface area contributed by atoms with E-state index in [1.807, 2.05) is 0 Å². The third kappa shape index (κ3) is 3.60. The smallest absolute Gasteiger partial charge is 0.119 e. The fourth-order valence-corrected chi connectivity index (χ4v) is 1.91. The van der Waals surface area contributed by atoms with Crippen molar-refractivity contribution < 1.29 is 4.74 Å². The second-order valence-electron chi connectivity index (χ2n) is 4.91. The van der Waals surface area contributed by atoms with Crippen LogP contribution in [0.5, 0.6) is 5.75 Å². The molecule has 0 saturated carbocycles. The average Bonchev–Trinajstić information content (AvgIpc) is 2.38. The minimum atomic E-state index is 0.571. The molecule has 2 heteroatoms. The first kappa shape index (κ1) is 12.2. The lowest BCUT2D eigenvalue weighted by molar-refractivity contribution is 0.271. The SMILES string of the molecule is CC(C)COc1ccc(C2=CCNCC2)cc1. The molecule has 0 unspecified atom stereocenters. The molecule has 0 amide bonds. The van der Waals surface area contributed by atoms with Gasteiger partial charge in [-0.1, -0.05) is 32.1 Å². The first-order valence-electron chi connectivity index (χ1n) is 6.38. The van der Waals surface area contributed by atoms with Crippen LogP contribution in [0.15, 0.2) is 30.3 Å². The normalized spacial score (nSPS) is 15.8. The Labute approximate surface area is 104 Å². The fraction of sp³-hybridized carbons (Fsp3) is 0.467. The predicted octanol–water partition coefficient (Wildman–Crippen LogP) is 3.10. The molecule has 1 aliphatic rings. The van der Waals surface area contributed by atoms with Crippen molar-refractivity contribution in [2.75, 3.05) is 19.7 Å². The predicted molar refractivity (Wildman–Crippen MR) is 72.2 cm³/mol. The molecular weight excluding hydrogens is 210 g/mol. The summed E-state index contributed by atoms with van der Waals surface area (Å²) >= 11 is 0. The highest BCUT2D eigenvalue weighted by molar-refractivity contribution is 5.67. The summed E-state index contributed by atoms with van der Waals surface area (Å²) in [5, 5.41) is 3.33. The van der Waals surface area contributed by atoms with Crippen molar-refractivity contribution in [1.29, 1.82) is 0 Å². The van der Waals surface area contributed by atoms with Gasteiger partial charge in [0, 0.05) is 6.54 Å². The van der Waals surface area contributed by atoms with Crippen molar-refractivity contribution in [3.8, 4) is 5.75 Å². The van der Waals surface area contributed by atoms with Gasteiger partial charge in [-0.15, -0.1) is 0 Å². The molecule has 0 bridgehead atoms. The highest BCUT2D eigenvalue weighted by atomic mass is 16.5. The third-order valence-corrected chi connectivity index (χ3v) is 2.87. The Morgan fingerprint density at radius 2 is 2.00 bits per heavy atom. The van der Waals surface area contributed by atoms with Crippen molar-refractivity contribution in [2.45, 2.75) is 20.3 Å². The van der Waals surface area contributed by atoms with Crippen molar-refractivity contribution in [1.82, 2.24) is 5.32 Å². The van der Waals surface area contributed by atoms with E-state index in [0.717, 1.165) is 31.9 Å². The molecule has 0 aliphatic carbocycles.